The van der Waals surface area contributed by atoms with Crippen molar-refractivity contribution in [3.8, 4) is 0 Å². The fourth-order valence-electron chi connectivity index (χ4n) is 3.34. The van der Waals surface area contributed by atoms with Gasteiger partial charge in [0.1, 0.15) is 0 Å². The van der Waals surface area contributed by atoms with Crippen molar-refractivity contribution in [2.24, 2.45) is 0 Å². The van der Waals surface area contributed by atoms with Crippen molar-refractivity contribution >= 4 is 5.91 Å². The van der Waals surface area contributed by atoms with Crippen LogP contribution in [0.15, 0.2) is 18.3 Å². The molecule has 0 unspecified atom stereocenters. The van der Waals surface area contributed by atoms with Crippen LogP contribution in [0.25, 0.3) is 0 Å². The predicted molar refractivity (Wildman–Crippen MR) is 78.7 cm³/mol. The Bertz CT molecular complexity index is 457. The molecule has 2 fully saturated rings. The number of aromatic nitrogens is 1. The molecule has 1 saturated carbocycles. The molecule has 1 aliphatic heterocycles. The number of amides is 1. The van der Waals surface area contributed by atoms with Crippen molar-refractivity contribution < 1.29 is 4.79 Å². The summed E-state index contributed by atoms with van der Waals surface area (Å²) < 4.78 is 0. The summed E-state index contributed by atoms with van der Waals surface area (Å²) in [6, 6.07) is 4.56. The smallest absolute Gasteiger partial charge is 0.255 e. The van der Waals surface area contributed by atoms with E-state index in [2.05, 4.69) is 9.88 Å². The molecule has 4 nitrogen and oxygen atoms in total. The summed E-state index contributed by atoms with van der Waals surface area (Å²) in [5.41, 5.74) is 1.66. The molecule has 0 aromatic carbocycles. The van der Waals surface area contributed by atoms with E-state index in [-0.39, 0.29) is 5.91 Å². The first-order chi connectivity index (χ1) is 9.74. The van der Waals surface area contributed by atoms with Gasteiger partial charge < -0.3 is 4.90 Å². The van der Waals surface area contributed by atoms with E-state index in [4.69, 9.17) is 0 Å². The van der Waals surface area contributed by atoms with Crippen molar-refractivity contribution in [2.45, 2.75) is 38.6 Å². The fraction of sp³-hybridized carbons (Fsp3) is 0.625. The van der Waals surface area contributed by atoms with Gasteiger partial charge in [-0.15, -0.1) is 0 Å². The minimum absolute atomic E-state index is 0.128. The summed E-state index contributed by atoms with van der Waals surface area (Å²) in [4.78, 5) is 21.2. The molecule has 1 aromatic rings. The van der Waals surface area contributed by atoms with E-state index in [0.29, 0.717) is 5.56 Å². The summed E-state index contributed by atoms with van der Waals surface area (Å²) >= 11 is 0. The lowest BCUT2D eigenvalue weighted by atomic mass is 10.1. The molecule has 2 aliphatic rings. The highest BCUT2D eigenvalue weighted by Gasteiger charge is 2.28. The van der Waals surface area contributed by atoms with Crippen LogP contribution in [0.2, 0.25) is 0 Å². The fourth-order valence-corrected chi connectivity index (χ4v) is 3.34. The van der Waals surface area contributed by atoms with Gasteiger partial charge in [-0.1, -0.05) is 12.8 Å². The zero-order chi connectivity index (χ0) is 13.9. The number of hydrogen-bond donors (Lipinski definition) is 0. The van der Waals surface area contributed by atoms with Gasteiger partial charge >= 0.3 is 0 Å². The van der Waals surface area contributed by atoms with Crippen LogP contribution in [0.5, 0.6) is 0 Å². The van der Waals surface area contributed by atoms with Crippen molar-refractivity contribution in [3.63, 3.8) is 0 Å². The molecule has 0 atom stereocenters. The normalized spacial score (nSPS) is 21.4. The topological polar surface area (TPSA) is 36.4 Å². The highest BCUT2D eigenvalue weighted by atomic mass is 16.2. The van der Waals surface area contributed by atoms with Crippen LogP contribution in [-0.2, 0) is 0 Å². The second-order valence-electron chi connectivity index (χ2n) is 5.95. The third-order valence-corrected chi connectivity index (χ3v) is 4.60. The first-order valence-electron chi connectivity index (χ1n) is 7.70. The van der Waals surface area contributed by atoms with Crippen LogP contribution < -0.4 is 0 Å². The second-order valence-corrected chi connectivity index (χ2v) is 5.95. The molecule has 20 heavy (non-hydrogen) atoms. The average Bonchev–Trinajstić information content (AvgIpc) is 3.02. The van der Waals surface area contributed by atoms with Gasteiger partial charge in [0.2, 0.25) is 0 Å². The largest absolute Gasteiger partial charge is 0.336 e. The van der Waals surface area contributed by atoms with Crippen molar-refractivity contribution in [3.05, 3.63) is 29.6 Å². The second kappa shape index (κ2) is 5.92. The van der Waals surface area contributed by atoms with Crippen LogP contribution >= 0.6 is 0 Å². The molecule has 3 rings (SSSR count). The maximum atomic E-state index is 12.4. The summed E-state index contributed by atoms with van der Waals surface area (Å²) in [5.74, 6) is 0.128. The monoisotopic (exact) mass is 273 g/mol. The molecule has 0 radical (unpaired) electrons. The Balaban J connectivity index is 1.57. The Hall–Kier alpha value is -1.42. The van der Waals surface area contributed by atoms with E-state index in [0.717, 1.165) is 37.9 Å². The molecule has 4 heteroatoms. The van der Waals surface area contributed by atoms with E-state index >= 15 is 0 Å². The highest BCUT2D eigenvalue weighted by Crippen LogP contribution is 2.24. The van der Waals surface area contributed by atoms with Crippen LogP contribution in [0.3, 0.4) is 0 Å². The third kappa shape index (κ3) is 2.85. The predicted octanol–water partition coefficient (Wildman–Crippen LogP) is 2.09. The van der Waals surface area contributed by atoms with Gasteiger partial charge in [-0.25, -0.2) is 0 Å². The Labute approximate surface area is 120 Å². The van der Waals surface area contributed by atoms with Crippen molar-refractivity contribution in [1.82, 2.24) is 14.8 Å². The van der Waals surface area contributed by atoms with E-state index in [1.165, 1.54) is 25.7 Å². The number of piperazine rings is 1. The zero-order valence-electron chi connectivity index (χ0n) is 12.2. The number of nitrogens with zero attached hydrogens (tertiary/aromatic N) is 3. The Kier molecular flexibility index (Phi) is 4.01. The standard InChI is InChI=1S/C16H23N3O/c1-13-6-7-14(12-17-13)16(20)19-10-8-18(9-11-19)15-4-2-3-5-15/h6-7,12,15H,2-5,8-11H2,1H3. The first-order valence-corrected chi connectivity index (χ1v) is 7.70. The summed E-state index contributed by atoms with van der Waals surface area (Å²) in [6.45, 7) is 5.69. The van der Waals surface area contributed by atoms with Crippen molar-refractivity contribution in [1.29, 1.82) is 0 Å². The molecule has 1 amide bonds. The molecular formula is C16H23N3O. The molecule has 1 aromatic heterocycles. The molecule has 0 N–H and O–H groups in total. The maximum absolute atomic E-state index is 12.4. The van der Waals surface area contributed by atoms with Crippen LogP contribution in [0, 0.1) is 6.92 Å². The summed E-state index contributed by atoms with van der Waals surface area (Å²) in [7, 11) is 0. The van der Waals surface area contributed by atoms with Crippen LogP contribution in [0.1, 0.15) is 41.7 Å². The SMILES string of the molecule is Cc1ccc(C(=O)N2CCN(C3CCCC3)CC2)cn1. The van der Waals surface area contributed by atoms with E-state index < -0.39 is 0 Å². The number of pyridine rings is 1. The summed E-state index contributed by atoms with van der Waals surface area (Å²) in [5, 5.41) is 0. The average molecular weight is 273 g/mol. The van der Waals surface area contributed by atoms with Gasteiger partial charge in [-0.05, 0) is 31.9 Å². The Morgan fingerprint density at radius 2 is 1.85 bits per heavy atom. The quantitative estimate of drug-likeness (QED) is 0.828. The van der Waals surface area contributed by atoms with Gasteiger partial charge in [-0.2, -0.15) is 0 Å². The van der Waals surface area contributed by atoms with Gasteiger partial charge in [0.25, 0.3) is 5.91 Å². The van der Waals surface area contributed by atoms with E-state index in [1.807, 2.05) is 24.0 Å². The molecule has 108 valence electrons. The van der Waals surface area contributed by atoms with Gasteiger partial charge in [0, 0.05) is 44.1 Å². The van der Waals surface area contributed by atoms with Crippen LogP contribution in [0.4, 0.5) is 0 Å². The lowest BCUT2D eigenvalue weighted by Crippen LogP contribution is -2.51. The van der Waals surface area contributed by atoms with E-state index in [1.54, 1.807) is 6.20 Å². The zero-order valence-corrected chi connectivity index (χ0v) is 12.2. The summed E-state index contributed by atoms with van der Waals surface area (Å²) in [6.07, 6.45) is 7.13. The first kappa shape index (κ1) is 13.6. The van der Waals surface area contributed by atoms with Gasteiger partial charge in [-0.3, -0.25) is 14.7 Å². The molecule has 0 spiro atoms. The third-order valence-electron chi connectivity index (χ3n) is 4.60. The number of carbonyl (C=O) groups excluding carboxylic acids is 1. The lowest BCUT2D eigenvalue weighted by Gasteiger charge is -2.38. The van der Waals surface area contributed by atoms with Gasteiger partial charge in [0.05, 0.1) is 5.56 Å². The molecule has 2 heterocycles. The molecular weight excluding hydrogens is 250 g/mol. The number of carbonyl (C=O) groups is 1. The van der Waals surface area contributed by atoms with Gasteiger partial charge in [0.15, 0.2) is 0 Å². The minimum Gasteiger partial charge on any atom is -0.336 e. The highest BCUT2D eigenvalue weighted by molar-refractivity contribution is 5.94. The van der Waals surface area contributed by atoms with Crippen LogP contribution in [-0.4, -0.2) is 52.9 Å². The maximum Gasteiger partial charge on any atom is 0.255 e. The number of aryl methyl sites for hydroxylation is 1. The Morgan fingerprint density at radius 3 is 2.45 bits per heavy atom. The molecule has 1 aliphatic carbocycles. The Morgan fingerprint density at radius 1 is 1.15 bits per heavy atom. The van der Waals surface area contributed by atoms with Crippen molar-refractivity contribution in [2.75, 3.05) is 26.2 Å². The number of rotatable bonds is 2. The lowest BCUT2D eigenvalue weighted by molar-refractivity contribution is 0.0573. The minimum atomic E-state index is 0.128. The molecule has 0 bridgehead atoms. The van der Waals surface area contributed by atoms with E-state index in [9.17, 15) is 4.79 Å². The number of hydrogen-bond acceptors (Lipinski definition) is 3. The molecule has 1 saturated heterocycles.